The van der Waals surface area contributed by atoms with Gasteiger partial charge in [0.25, 0.3) is 0 Å². The summed E-state index contributed by atoms with van der Waals surface area (Å²) in [5.41, 5.74) is 0. The molecule has 0 aliphatic carbocycles. The van der Waals surface area contributed by atoms with Gasteiger partial charge < -0.3 is 10.2 Å². The highest BCUT2D eigenvalue weighted by Crippen LogP contribution is 2.33. The van der Waals surface area contributed by atoms with Crippen LogP contribution in [0.25, 0.3) is 0 Å². The van der Waals surface area contributed by atoms with Gasteiger partial charge in [0.15, 0.2) is 0 Å². The van der Waals surface area contributed by atoms with Gasteiger partial charge in [0, 0.05) is 38.8 Å². The van der Waals surface area contributed by atoms with Gasteiger partial charge in [-0.2, -0.15) is 0 Å². The molecule has 0 amide bonds. The van der Waals surface area contributed by atoms with Crippen LogP contribution in [0, 0.1) is 0 Å². The summed E-state index contributed by atoms with van der Waals surface area (Å²) in [4.78, 5) is 2.49. The van der Waals surface area contributed by atoms with Crippen LogP contribution in [0.3, 0.4) is 0 Å². The van der Waals surface area contributed by atoms with Crippen molar-refractivity contribution in [1.82, 2.24) is 14.5 Å². The molecule has 2 aliphatic rings. The second-order valence-electron chi connectivity index (χ2n) is 5.77. The number of hydrogen-bond donors (Lipinski definition) is 1. The number of nitrogens with one attached hydrogen (secondary N) is 1. The van der Waals surface area contributed by atoms with E-state index in [1.807, 2.05) is 0 Å². The zero-order chi connectivity index (χ0) is 13.3. The Morgan fingerprint density at radius 1 is 1.22 bits per heavy atom. The van der Waals surface area contributed by atoms with Gasteiger partial charge in [0.1, 0.15) is 0 Å². The Balaban J connectivity index is 1.76. The molecule has 106 valence electrons. The van der Waals surface area contributed by atoms with E-state index in [9.17, 15) is 8.42 Å². The van der Waals surface area contributed by atoms with E-state index in [0.717, 1.165) is 12.8 Å². The number of hydrogen-bond acceptors (Lipinski definition) is 4. The van der Waals surface area contributed by atoms with Crippen molar-refractivity contribution in [2.75, 3.05) is 33.4 Å². The predicted molar refractivity (Wildman–Crippen MR) is 73.1 cm³/mol. The molecule has 1 N–H and O–H groups in total. The molecule has 2 aliphatic heterocycles. The second kappa shape index (κ2) is 5.45. The molecule has 0 aromatic heterocycles. The van der Waals surface area contributed by atoms with Gasteiger partial charge in [-0.25, -0.2) is 12.7 Å². The van der Waals surface area contributed by atoms with E-state index in [0.29, 0.717) is 24.7 Å². The minimum atomic E-state index is -3.06. The third kappa shape index (κ3) is 3.04. The summed E-state index contributed by atoms with van der Waals surface area (Å²) in [5.74, 6) is 0.196. The minimum absolute atomic E-state index is 0.196. The van der Waals surface area contributed by atoms with Gasteiger partial charge in [-0.15, -0.1) is 0 Å². The molecular formula is C12H25N3O2S. The highest BCUT2D eigenvalue weighted by molar-refractivity contribution is 7.89. The van der Waals surface area contributed by atoms with Crippen molar-refractivity contribution in [2.45, 2.75) is 43.8 Å². The molecule has 0 spiro atoms. The molecule has 5 nitrogen and oxygen atoms in total. The van der Waals surface area contributed by atoms with Crippen molar-refractivity contribution in [1.29, 1.82) is 0 Å². The fourth-order valence-electron chi connectivity index (χ4n) is 3.15. The summed E-state index contributed by atoms with van der Waals surface area (Å²) in [6.07, 6.45) is 4.93. The molecule has 0 radical (unpaired) electrons. The van der Waals surface area contributed by atoms with Gasteiger partial charge in [0.05, 0.1) is 5.75 Å². The third-order valence-electron chi connectivity index (χ3n) is 4.45. The molecule has 2 heterocycles. The van der Waals surface area contributed by atoms with E-state index in [1.54, 1.807) is 14.1 Å². The molecule has 0 aromatic carbocycles. The normalized spacial score (nSPS) is 33.2. The van der Waals surface area contributed by atoms with E-state index < -0.39 is 10.0 Å². The van der Waals surface area contributed by atoms with Gasteiger partial charge in [-0.05, 0) is 32.7 Å². The summed E-state index contributed by atoms with van der Waals surface area (Å²) in [5, 5.41) is 3.42. The van der Waals surface area contributed by atoms with Crippen molar-refractivity contribution in [3.8, 4) is 0 Å². The zero-order valence-corrected chi connectivity index (χ0v) is 12.4. The maximum atomic E-state index is 11.6. The Morgan fingerprint density at radius 3 is 2.28 bits per heavy atom. The first-order valence-corrected chi connectivity index (χ1v) is 8.36. The molecular weight excluding hydrogens is 250 g/mol. The monoisotopic (exact) mass is 275 g/mol. The average molecular weight is 275 g/mol. The Hall–Kier alpha value is -0.170. The van der Waals surface area contributed by atoms with Crippen molar-refractivity contribution in [2.24, 2.45) is 0 Å². The first-order valence-electron chi connectivity index (χ1n) is 6.75. The fourth-order valence-corrected chi connectivity index (χ4v) is 3.89. The largest absolute Gasteiger partial charge is 0.313 e. The standard InChI is InChI=1S/C12H25N3O2S/c1-14(2)18(16,17)7-6-13-10-8-11-4-5-12(9-10)15(11)3/h10-13H,4-9H2,1-3H3. The minimum Gasteiger partial charge on any atom is -0.313 e. The Labute approximate surface area is 111 Å². The number of sulfonamides is 1. The van der Waals surface area contributed by atoms with Crippen LogP contribution in [-0.2, 0) is 10.0 Å². The van der Waals surface area contributed by atoms with E-state index >= 15 is 0 Å². The zero-order valence-electron chi connectivity index (χ0n) is 11.6. The quantitative estimate of drug-likeness (QED) is 0.773. The Morgan fingerprint density at radius 2 is 1.78 bits per heavy atom. The maximum Gasteiger partial charge on any atom is 0.214 e. The molecule has 2 saturated heterocycles. The van der Waals surface area contributed by atoms with E-state index in [2.05, 4.69) is 17.3 Å². The molecule has 2 unspecified atom stereocenters. The van der Waals surface area contributed by atoms with Gasteiger partial charge in [-0.1, -0.05) is 0 Å². The second-order valence-corrected chi connectivity index (χ2v) is 8.07. The number of piperidine rings is 1. The van der Waals surface area contributed by atoms with Crippen LogP contribution in [0.2, 0.25) is 0 Å². The van der Waals surface area contributed by atoms with Crippen LogP contribution in [0.5, 0.6) is 0 Å². The highest BCUT2D eigenvalue weighted by atomic mass is 32.2. The summed E-state index contributed by atoms with van der Waals surface area (Å²) in [7, 11) is 2.33. The van der Waals surface area contributed by atoms with E-state index in [4.69, 9.17) is 0 Å². The van der Waals surface area contributed by atoms with Crippen LogP contribution < -0.4 is 5.32 Å². The van der Waals surface area contributed by atoms with E-state index in [1.165, 1.54) is 17.1 Å². The van der Waals surface area contributed by atoms with Crippen molar-refractivity contribution in [3.05, 3.63) is 0 Å². The SMILES string of the molecule is CN1C2CCC1CC(NCCS(=O)(=O)N(C)C)C2. The van der Waals surface area contributed by atoms with Gasteiger partial charge in [-0.3, -0.25) is 0 Å². The molecule has 2 rings (SSSR count). The molecule has 2 atom stereocenters. The number of fused-ring (bicyclic) bond motifs is 2. The molecule has 6 heteroatoms. The van der Waals surface area contributed by atoms with Crippen LogP contribution in [0.15, 0.2) is 0 Å². The lowest BCUT2D eigenvalue weighted by Crippen LogP contribution is -2.48. The third-order valence-corrected chi connectivity index (χ3v) is 6.28. The summed E-state index contributed by atoms with van der Waals surface area (Å²) < 4.78 is 24.6. The number of nitrogens with zero attached hydrogens (tertiary/aromatic N) is 2. The lowest BCUT2D eigenvalue weighted by atomic mass is 9.98. The van der Waals surface area contributed by atoms with Crippen molar-refractivity contribution in [3.63, 3.8) is 0 Å². The smallest absolute Gasteiger partial charge is 0.214 e. The first kappa shape index (κ1) is 14.2. The summed E-state index contributed by atoms with van der Waals surface area (Å²) in [6.45, 7) is 0.564. The fraction of sp³-hybridized carbons (Fsp3) is 1.00. The van der Waals surface area contributed by atoms with E-state index in [-0.39, 0.29) is 5.75 Å². The van der Waals surface area contributed by atoms with Gasteiger partial charge in [0.2, 0.25) is 10.0 Å². The van der Waals surface area contributed by atoms with Crippen LogP contribution in [-0.4, -0.2) is 69.2 Å². The van der Waals surface area contributed by atoms with Crippen LogP contribution >= 0.6 is 0 Å². The van der Waals surface area contributed by atoms with Crippen molar-refractivity contribution >= 4 is 10.0 Å². The van der Waals surface area contributed by atoms with Gasteiger partial charge >= 0.3 is 0 Å². The Kier molecular flexibility index (Phi) is 4.31. The summed E-state index contributed by atoms with van der Waals surface area (Å²) in [6, 6.07) is 1.90. The molecule has 2 bridgehead atoms. The predicted octanol–water partition coefficient (Wildman–Crippen LogP) is 0.0926. The lowest BCUT2D eigenvalue weighted by molar-refractivity contribution is 0.150. The van der Waals surface area contributed by atoms with Crippen LogP contribution in [0.1, 0.15) is 25.7 Å². The molecule has 0 saturated carbocycles. The Bertz CT molecular complexity index is 369. The molecule has 18 heavy (non-hydrogen) atoms. The number of rotatable bonds is 5. The average Bonchev–Trinajstić information content (AvgIpc) is 2.52. The van der Waals surface area contributed by atoms with Crippen LogP contribution in [0.4, 0.5) is 0 Å². The highest BCUT2D eigenvalue weighted by Gasteiger charge is 2.38. The first-order chi connectivity index (χ1) is 8.40. The topological polar surface area (TPSA) is 52.7 Å². The maximum absolute atomic E-state index is 11.6. The molecule has 2 fully saturated rings. The molecule has 0 aromatic rings. The summed E-state index contributed by atoms with van der Waals surface area (Å²) >= 11 is 0. The van der Waals surface area contributed by atoms with Crippen molar-refractivity contribution < 1.29 is 8.42 Å². The lowest BCUT2D eigenvalue weighted by Gasteiger charge is -2.36.